The SMILES string of the molecule is COc1ccc(C2=NN(C(=O)c3ccco3)[C@@H](c3cc4cc(OC)c(OC)cc4nc3Cl)C2)cc1OC. The van der Waals surface area contributed by atoms with E-state index in [2.05, 4.69) is 4.98 Å². The molecule has 0 bridgehead atoms. The van der Waals surface area contributed by atoms with Crippen molar-refractivity contribution in [3.63, 3.8) is 0 Å². The summed E-state index contributed by atoms with van der Waals surface area (Å²) in [5, 5.41) is 7.12. The highest BCUT2D eigenvalue weighted by Crippen LogP contribution is 2.40. The molecule has 0 N–H and O–H groups in total. The van der Waals surface area contributed by atoms with Gasteiger partial charge in [0.25, 0.3) is 0 Å². The first kappa shape index (κ1) is 24.5. The molecule has 0 fully saturated rings. The van der Waals surface area contributed by atoms with E-state index in [1.807, 2.05) is 24.3 Å². The first-order valence-corrected chi connectivity index (χ1v) is 11.7. The van der Waals surface area contributed by atoms with E-state index in [1.54, 1.807) is 52.7 Å². The van der Waals surface area contributed by atoms with Gasteiger partial charge in [-0.25, -0.2) is 9.99 Å². The average molecular weight is 522 g/mol. The summed E-state index contributed by atoms with van der Waals surface area (Å²) in [5.74, 6) is 2.02. The third-order valence-electron chi connectivity index (χ3n) is 6.23. The van der Waals surface area contributed by atoms with E-state index < -0.39 is 11.9 Å². The van der Waals surface area contributed by atoms with Gasteiger partial charge in [-0.3, -0.25) is 4.79 Å². The minimum Gasteiger partial charge on any atom is -0.493 e. The standard InChI is InChI=1S/C27H24ClN3O6/c1-33-21-8-7-15(11-23(21)34-2)19-13-20(31(30-19)27(32)22-6-5-9-37-22)17-10-16-12-24(35-3)25(36-4)14-18(16)29-26(17)28/h5-12,14,20H,13H2,1-4H3/t20-/m1/s1. The summed E-state index contributed by atoms with van der Waals surface area (Å²) in [5.41, 5.74) is 2.73. The first-order chi connectivity index (χ1) is 18.0. The summed E-state index contributed by atoms with van der Waals surface area (Å²) in [6.45, 7) is 0. The summed E-state index contributed by atoms with van der Waals surface area (Å²) in [4.78, 5) is 18.0. The zero-order valence-electron chi connectivity index (χ0n) is 20.6. The molecule has 0 saturated carbocycles. The van der Waals surface area contributed by atoms with Crippen LogP contribution in [0.2, 0.25) is 5.15 Å². The number of carbonyl (C=O) groups is 1. The molecule has 3 heterocycles. The molecule has 1 amide bonds. The molecule has 1 atom stereocenters. The lowest BCUT2D eigenvalue weighted by atomic mass is 9.98. The zero-order chi connectivity index (χ0) is 26.1. The molecule has 0 aliphatic carbocycles. The van der Waals surface area contributed by atoms with E-state index in [1.165, 1.54) is 11.3 Å². The molecule has 2 aromatic carbocycles. The van der Waals surface area contributed by atoms with Crippen molar-refractivity contribution in [3.8, 4) is 23.0 Å². The lowest BCUT2D eigenvalue weighted by Gasteiger charge is -2.22. The van der Waals surface area contributed by atoms with Gasteiger partial charge < -0.3 is 23.4 Å². The van der Waals surface area contributed by atoms with Crippen LogP contribution < -0.4 is 18.9 Å². The van der Waals surface area contributed by atoms with E-state index in [-0.39, 0.29) is 10.9 Å². The molecule has 10 heteroatoms. The maximum Gasteiger partial charge on any atom is 0.310 e. The molecule has 2 aromatic heterocycles. The van der Waals surface area contributed by atoms with E-state index >= 15 is 0 Å². The van der Waals surface area contributed by atoms with E-state index in [9.17, 15) is 4.79 Å². The number of amides is 1. The van der Waals surface area contributed by atoms with Gasteiger partial charge >= 0.3 is 5.91 Å². The highest BCUT2D eigenvalue weighted by molar-refractivity contribution is 6.30. The fourth-order valence-corrected chi connectivity index (χ4v) is 4.64. The van der Waals surface area contributed by atoms with E-state index in [4.69, 9.17) is 40.1 Å². The minimum atomic E-state index is -0.529. The number of methoxy groups -OCH3 is 4. The Morgan fingerprint density at radius 1 is 0.946 bits per heavy atom. The van der Waals surface area contributed by atoms with Gasteiger partial charge in [-0.1, -0.05) is 11.6 Å². The summed E-state index contributed by atoms with van der Waals surface area (Å²) >= 11 is 6.70. The van der Waals surface area contributed by atoms with Crippen LogP contribution in [0.1, 0.15) is 34.1 Å². The number of fused-ring (bicyclic) bond motifs is 1. The summed E-state index contributed by atoms with van der Waals surface area (Å²) in [6, 6.07) is 13.7. The Labute approximate surface area is 218 Å². The van der Waals surface area contributed by atoms with Crippen LogP contribution >= 0.6 is 11.6 Å². The molecule has 0 spiro atoms. The molecule has 5 rings (SSSR count). The fourth-order valence-electron chi connectivity index (χ4n) is 4.37. The highest BCUT2D eigenvalue weighted by atomic mass is 35.5. The number of nitrogens with zero attached hydrogens (tertiary/aromatic N) is 3. The number of halogens is 1. The molecule has 190 valence electrons. The monoisotopic (exact) mass is 521 g/mol. The Kier molecular flexibility index (Phi) is 6.62. The third-order valence-corrected chi connectivity index (χ3v) is 6.53. The Balaban J connectivity index is 1.60. The fraction of sp³-hybridized carbons (Fsp3) is 0.222. The number of carbonyl (C=O) groups excluding carboxylic acids is 1. The van der Waals surface area contributed by atoms with Crippen molar-refractivity contribution in [1.29, 1.82) is 0 Å². The smallest absolute Gasteiger partial charge is 0.310 e. The third kappa shape index (κ3) is 4.42. The summed E-state index contributed by atoms with van der Waals surface area (Å²) in [7, 11) is 6.27. The summed E-state index contributed by atoms with van der Waals surface area (Å²) < 4.78 is 27.0. The molecule has 1 aliphatic rings. The van der Waals surface area contributed by atoms with Crippen LogP contribution in [0.25, 0.3) is 10.9 Å². The van der Waals surface area contributed by atoms with Gasteiger partial charge in [-0.05, 0) is 42.5 Å². The number of hydrogen-bond acceptors (Lipinski definition) is 8. The van der Waals surface area contributed by atoms with Crippen molar-refractivity contribution in [3.05, 3.63) is 76.8 Å². The van der Waals surface area contributed by atoms with Crippen molar-refractivity contribution >= 4 is 34.1 Å². The molecular formula is C27H24ClN3O6. The van der Waals surface area contributed by atoms with Gasteiger partial charge in [-0.2, -0.15) is 5.10 Å². The second kappa shape index (κ2) is 10.0. The van der Waals surface area contributed by atoms with Crippen molar-refractivity contribution in [2.75, 3.05) is 28.4 Å². The maximum atomic E-state index is 13.4. The van der Waals surface area contributed by atoms with Gasteiger partial charge in [0, 0.05) is 29.0 Å². The normalized spacial score (nSPS) is 15.0. The number of hydrogen-bond donors (Lipinski definition) is 0. The predicted molar refractivity (Wildman–Crippen MR) is 138 cm³/mol. The van der Waals surface area contributed by atoms with Crippen LogP contribution in [-0.4, -0.2) is 50.1 Å². The lowest BCUT2D eigenvalue weighted by Crippen LogP contribution is -2.27. The number of pyridine rings is 1. The predicted octanol–water partition coefficient (Wildman–Crippen LogP) is 5.51. The van der Waals surface area contributed by atoms with Crippen molar-refractivity contribution in [1.82, 2.24) is 9.99 Å². The molecule has 9 nitrogen and oxygen atoms in total. The molecule has 1 aliphatic heterocycles. The van der Waals surface area contributed by atoms with Crippen LogP contribution in [0.5, 0.6) is 23.0 Å². The van der Waals surface area contributed by atoms with Gasteiger partial charge in [-0.15, -0.1) is 0 Å². The number of ether oxygens (including phenoxy) is 4. The number of rotatable bonds is 7. The number of benzene rings is 2. The second-order valence-corrected chi connectivity index (χ2v) is 8.59. The average Bonchev–Trinajstić information content (AvgIpc) is 3.62. The van der Waals surface area contributed by atoms with Crippen molar-refractivity contribution < 1.29 is 28.2 Å². The molecule has 0 radical (unpaired) electrons. The molecule has 0 saturated heterocycles. The summed E-state index contributed by atoms with van der Waals surface area (Å²) in [6.07, 6.45) is 1.84. The van der Waals surface area contributed by atoms with Crippen molar-refractivity contribution in [2.24, 2.45) is 5.10 Å². The van der Waals surface area contributed by atoms with Gasteiger partial charge in [0.1, 0.15) is 5.15 Å². The minimum absolute atomic E-state index is 0.165. The Hall–Kier alpha value is -4.24. The molecule has 0 unspecified atom stereocenters. The van der Waals surface area contributed by atoms with E-state index in [0.717, 1.165) is 10.9 Å². The van der Waals surface area contributed by atoms with Crippen LogP contribution in [-0.2, 0) is 0 Å². The van der Waals surface area contributed by atoms with Gasteiger partial charge in [0.05, 0.1) is 52.0 Å². The Morgan fingerprint density at radius 2 is 1.65 bits per heavy atom. The van der Waals surface area contributed by atoms with Crippen molar-refractivity contribution in [2.45, 2.75) is 12.5 Å². The Morgan fingerprint density at radius 3 is 2.32 bits per heavy atom. The number of hydrazone groups is 1. The quantitative estimate of drug-likeness (QED) is 0.296. The first-order valence-electron chi connectivity index (χ1n) is 11.4. The van der Waals surface area contributed by atoms with Crippen LogP contribution in [0, 0.1) is 0 Å². The van der Waals surface area contributed by atoms with Gasteiger partial charge in [0.2, 0.25) is 0 Å². The maximum absolute atomic E-state index is 13.4. The Bertz CT molecular complexity index is 1500. The van der Waals surface area contributed by atoms with Crippen LogP contribution in [0.4, 0.5) is 0 Å². The largest absolute Gasteiger partial charge is 0.493 e. The molecular weight excluding hydrogens is 498 g/mol. The van der Waals surface area contributed by atoms with Gasteiger partial charge in [0.15, 0.2) is 28.8 Å². The van der Waals surface area contributed by atoms with E-state index in [0.29, 0.717) is 46.2 Å². The van der Waals surface area contributed by atoms with Crippen LogP contribution in [0.15, 0.2) is 64.3 Å². The topological polar surface area (TPSA) is 95.6 Å². The number of aromatic nitrogens is 1. The molecule has 4 aromatic rings. The van der Waals surface area contributed by atoms with Crippen LogP contribution in [0.3, 0.4) is 0 Å². The number of furan rings is 1. The second-order valence-electron chi connectivity index (χ2n) is 8.23. The highest BCUT2D eigenvalue weighted by Gasteiger charge is 2.36. The molecule has 37 heavy (non-hydrogen) atoms. The lowest BCUT2D eigenvalue weighted by molar-refractivity contribution is 0.0678. The zero-order valence-corrected chi connectivity index (χ0v) is 21.4.